The summed E-state index contributed by atoms with van der Waals surface area (Å²) in [5.74, 6) is -0.226. The fourth-order valence-corrected chi connectivity index (χ4v) is 2.74. The molecule has 0 bridgehead atoms. The van der Waals surface area contributed by atoms with Crippen molar-refractivity contribution in [2.75, 3.05) is 11.9 Å². The molecular formula is C17H14FN3O2. The van der Waals surface area contributed by atoms with Crippen LogP contribution in [0.1, 0.15) is 24.0 Å². The number of nitro benzene ring substituents is 1. The molecule has 2 aromatic rings. The second-order valence-electron chi connectivity index (χ2n) is 5.71. The lowest BCUT2D eigenvalue weighted by Crippen LogP contribution is -2.21. The summed E-state index contributed by atoms with van der Waals surface area (Å²) in [6.07, 6.45) is 1.74. The van der Waals surface area contributed by atoms with Gasteiger partial charge in [-0.05, 0) is 30.5 Å². The van der Waals surface area contributed by atoms with Gasteiger partial charge in [-0.3, -0.25) is 10.1 Å². The summed E-state index contributed by atoms with van der Waals surface area (Å²) < 4.78 is 14.0. The molecule has 1 saturated carbocycles. The van der Waals surface area contributed by atoms with E-state index in [4.69, 9.17) is 5.26 Å². The molecule has 0 amide bonds. The molecule has 0 aliphatic heterocycles. The first-order valence-electron chi connectivity index (χ1n) is 7.23. The molecule has 2 aromatic carbocycles. The summed E-state index contributed by atoms with van der Waals surface area (Å²) in [6.45, 7) is 0.487. The maximum atomic E-state index is 14.0. The minimum absolute atomic E-state index is 0.123. The summed E-state index contributed by atoms with van der Waals surface area (Å²) in [4.78, 5) is 10.2. The van der Waals surface area contributed by atoms with Crippen molar-refractivity contribution < 1.29 is 9.31 Å². The average molecular weight is 311 g/mol. The topological polar surface area (TPSA) is 79.0 Å². The molecule has 0 atom stereocenters. The van der Waals surface area contributed by atoms with Crippen LogP contribution in [-0.4, -0.2) is 11.5 Å². The van der Waals surface area contributed by atoms with Gasteiger partial charge in [-0.2, -0.15) is 5.26 Å². The third kappa shape index (κ3) is 2.86. The predicted octanol–water partition coefficient (Wildman–Crippen LogP) is 3.75. The van der Waals surface area contributed by atoms with E-state index in [-0.39, 0.29) is 22.5 Å². The molecule has 116 valence electrons. The monoisotopic (exact) mass is 311 g/mol. The molecule has 0 spiro atoms. The van der Waals surface area contributed by atoms with Gasteiger partial charge in [0.1, 0.15) is 11.9 Å². The van der Waals surface area contributed by atoms with Gasteiger partial charge in [-0.15, -0.1) is 0 Å². The van der Waals surface area contributed by atoms with E-state index in [2.05, 4.69) is 5.32 Å². The number of nitrogens with one attached hydrogen (secondary N) is 1. The first-order valence-corrected chi connectivity index (χ1v) is 7.23. The lowest BCUT2D eigenvalue weighted by Gasteiger charge is -2.18. The Morgan fingerprint density at radius 3 is 2.65 bits per heavy atom. The van der Waals surface area contributed by atoms with E-state index in [9.17, 15) is 14.5 Å². The molecule has 3 rings (SSSR count). The van der Waals surface area contributed by atoms with Crippen molar-refractivity contribution in [1.29, 1.82) is 5.26 Å². The molecule has 1 aliphatic carbocycles. The molecule has 0 aromatic heterocycles. The SMILES string of the molecule is N#Cc1cc([N+](=O)[O-])ccc1NCC1(c2ccccc2F)CC1. The Morgan fingerprint density at radius 1 is 1.30 bits per heavy atom. The van der Waals surface area contributed by atoms with Crippen molar-refractivity contribution in [3.63, 3.8) is 0 Å². The minimum Gasteiger partial charge on any atom is -0.383 e. The fourth-order valence-electron chi connectivity index (χ4n) is 2.74. The average Bonchev–Trinajstić information content (AvgIpc) is 3.34. The molecule has 1 fully saturated rings. The van der Waals surface area contributed by atoms with Crippen LogP contribution >= 0.6 is 0 Å². The Bertz CT molecular complexity index is 810. The lowest BCUT2D eigenvalue weighted by molar-refractivity contribution is -0.384. The van der Waals surface area contributed by atoms with Crippen LogP contribution in [-0.2, 0) is 5.41 Å². The van der Waals surface area contributed by atoms with Crippen molar-refractivity contribution in [3.8, 4) is 6.07 Å². The van der Waals surface area contributed by atoms with Crippen LogP contribution in [0.2, 0.25) is 0 Å². The van der Waals surface area contributed by atoms with Crippen molar-refractivity contribution in [3.05, 3.63) is 69.5 Å². The summed E-state index contributed by atoms with van der Waals surface area (Å²) in [7, 11) is 0. The summed E-state index contributed by atoms with van der Waals surface area (Å²) >= 11 is 0. The minimum atomic E-state index is -0.535. The van der Waals surface area contributed by atoms with E-state index in [1.807, 2.05) is 12.1 Å². The van der Waals surface area contributed by atoms with E-state index in [1.54, 1.807) is 12.1 Å². The number of nitro groups is 1. The van der Waals surface area contributed by atoms with Crippen LogP contribution in [0.25, 0.3) is 0 Å². The van der Waals surface area contributed by atoms with Crippen molar-refractivity contribution in [1.82, 2.24) is 0 Å². The van der Waals surface area contributed by atoms with Gasteiger partial charge in [0, 0.05) is 24.1 Å². The smallest absolute Gasteiger partial charge is 0.270 e. The van der Waals surface area contributed by atoms with Gasteiger partial charge in [0.25, 0.3) is 5.69 Å². The Labute approximate surface area is 132 Å². The maximum Gasteiger partial charge on any atom is 0.270 e. The third-order valence-electron chi connectivity index (χ3n) is 4.25. The number of anilines is 1. The Balaban J connectivity index is 1.80. The second-order valence-corrected chi connectivity index (χ2v) is 5.71. The van der Waals surface area contributed by atoms with Crippen molar-refractivity contribution >= 4 is 11.4 Å². The zero-order chi connectivity index (χ0) is 16.4. The number of hydrogen-bond acceptors (Lipinski definition) is 4. The molecule has 0 unspecified atom stereocenters. The standard InChI is InChI=1S/C17H14FN3O2/c18-15-4-2-1-3-14(15)17(7-8-17)11-20-16-6-5-13(21(22)23)9-12(16)10-19/h1-6,9,20H,7-8,11H2. The summed E-state index contributed by atoms with van der Waals surface area (Å²) in [5, 5.41) is 23.1. The second kappa shape index (κ2) is 5.69. The molecule has 0 radical (unpaired) electrons. The third-order valence-corrected chi connectivity index (χ3v) is 4.25. The first-order chi connectivity index (χ1) is 11.1. The molecule has 0 saturated heterocycles. The largest absolute Gasteiger partial charge is 0.383 e. The predicted molar refractivity (Wildman–Crippen MR) is 83.6 cm³/mol. The van der Waals surface area contributed by atoms with Crippen LogP contribution in [0.5, 0.6) is 0 Å². The van der Waals surface area contributed by atoms with Gasteiger partial charge < -0.3 is 5.32 Å². The summed E-state index contributed by atoms with van der Waals surface area (Å²) in [5.41, 5.74) is 1.03. The number of hydrogen-bond donors (Lipinski definition) is 1. The zero-order valence-corrected chi connectivity index (χ0v) is 12.3. The molecule has 6 heteroatoms. The molecule has 5 nitrogen and oxygen atoms in total. The van der Waals surface area contributed by atoms with Gasteiger partial charge in [0.15, 0.2) is 0 Å². The van der Waals surface area contributed by atoms with Crippen molar-refractivity contribution in [2.45, 2.75) is 18.3 Å². The Kier molecular flexibility index (Phi) is 3.70. The number of benzene rings is 2. The number of nitrogens with zero attached hydrogens (tertiary/aromatic N) is 2. The highest BCUT2D eigenvalue weighted by Crippen LogP contribution is 2.49. The van der Waals surface area contributed by atoms with E-state index in [1.165, 1.54) is 24.3 Å². The van der Waals surface area contributed by atoms with Gasteiger partial charge in [0.2, 0.25) is 0 Å². The number of nitriles is 1. The summed E-state index contributed by atoms with van der Waals surface area (Å²) in [6, 6.07) is 12.8. The van der Waals surface area contributed by atoms with E-state index in [0.717, 1.165) is 12.8 Å². The van der Waals surface area contributed by atoms with E-state index in [0.29, 0.717) is 17.8 Å². The highest BCUT2D eigenvalue weighted by atomic mass is 19.1. The number of halogens is 1. The van der Waals surface area contributed by atoms with Gasteiger partial charge in [-0.25, -0.2) is 4.39 Å². The van der Waals surface area contributed by atoms with Gasteiger partial charge >= 0.3 is 0 Å². The molecule has 0 heterocycles. The Hall–Kier alpha value is -2.94. The van der Waals surface area contributed by atoms with Crippen molar-refractivity contribution in [2.24, 2.45) is 0 Å². The molecule has 1 aliphatic rings. The lowest BCUT2D eigenvalue weighted by atomic mass is 9.95. The van der Waals surface area contributed by atoms with Crippen LogP contribution in [0.4, 0.5) is 15.8 Å². The molecule has 1 N–H and O–H groups in total. The fraction of sp³-hybridized carbons (Fsp3) is 0.235. The van der Waals surface area contributed by atoms with E-state index < -0.39 is 4.92 Å². The number of rotatable bonds is 5. The molecular weight excluding hydrogens is 297 g/mol. The maximum absolute atomic E-state index is 14.0. The van der Waals surface area contributed by atoms with Crippen LogP contribution < -0.4 is 5.32 Å². The normalized spacial score (nSPS) is 14.8. The molecule has 23 heavy (non-hydrogen) atoms. The van der Waals surface area contributed by atoms with Gasteiger partial charge in [-0.1, -0.05) is 18.2 Å². The number of non-ortho nitro benzene ring substituents is 1. The van der Waals surface area contributed by atoms with Crippen LogP contribution in [0.15, 0.2) is 42.5 Å². The first kappa shape index (κ1) is 15.0. The quantitative estimate of drug-likeness (QED) is 0.673. The van der Waals surface area contributed by atoms with Gasteiger partial charge in [0.05, 0.1) is 16.2 Å². The highest BCUT2D eigenvalue weighted by molar-refractivity contribution is 5.61. The highest BCUT2D eigenvalue weighted by Gasteiger charge is 2.45. The zero-order valence-electron chi connectivity index (χ0n) is 12.3. The van der Waals surface area contributed by atoms with Crippen LogP contribution in [0.3, 0.4) is 0 Å². The Morgan fingerprint density at radius 2 is 2.04 bits per heavy atom. The van der Waals surface area contributed by atoms with Crippen LogP contribution in [0, 0.1) is 27.3 Å². The van der Waals surface area contributed by atoms with E-state index >= 15 is 0 Å².